The van der Waals surface area contributed by atoms with Crippen LogP contribution in [0.4, 0.5) is 4.39 Å². The Labute approximate surface area is 103 Å². The Morgan fingerprint density at radius 1 is 1.44 bits per heavy atom. The molecule has 0 saturated carbocycles. The van der Waals surface area contributed by atoms with Crippen LogP contribution >= 0.6 is 0 Å². The zero-order valence-corrected chi connectivity index (χ0v) is 9.72. The highest BCUT2D eigenvalue weighted by atomic mass is 19.1. The molecule has 6 heteroatoms. The van der Waals surface area contributed by atoms with E-state index in [1.54, 1.807) is 13.2 Å². The van der Waals surface area contributed by atoms with Gasteiger partial charge in [0, 0.05) is 18.2 Å². The van der Waals surface area contributed by atoms with E-state index < -0.39 is 17.7 Å². The first-order valence-electron chi connectivity index (χ1n) is 5.35. The number of oxime groups is 1. The van der Waals surface area contributed by atoms with Gasteiger partial charge in [-0.05, 0) is 12.1 Å². The second-order valence-electron chi connectivity index (χ2n) is 3.77. The van der Waals surface area contributed by atoms with Gasteiger partial charge < -0.3 is 14.7 Å². The molecular weight excluding hydrogens is 241 g/mol. The predicted molar refractivity (Wildman–Crippen MR) is 61.2 cm³/mol. The molecule has 0 aromatic heterocycles. The first-order chi connectivity index (χ1) is 8.69. The highest BCUT2D eigenvalue weighted by Gasteiger charge is 2.37. The molecule has 0 amide bonds. The van der Waals surface area contributed by atoms with Gasteiger partial charge in [0.05, 0.1) is 6.61 Å². The van der Waals surface area contributed by atoms with Gasteiger partial charge in [0.15, 0.2) is 11.9 Å². The second-order valence-corrected chi connectivity index (χ2v) is 3.77. The Morgan fingerprint density at radius 2 is 2.22 bits per heavy atom. The van der Waals surface area contributed by atoms with Crippen LogP contribution in [0.3, 0.4) is 0 Å². The third-order valence-electron chi connectivity index (χ3n) is 2.68. The lowest BCUT2D eigenvalue weighted by Crippen LogP contribution is -2.09. The van der Waals surface area contributed by atoms with Crippen molar-refractivity contribution in [3.8, 4) is 5.75 Å². The maximum absolute atomic E-state index is 13.7. The molecule has 1 aromatic carbocycles. The first kappa shape index (κ1) is 12.5. The Hall–Kier alpha value is -1.95. The van der Waals surface area contributed by atoms with Gasteiger partial charge in [-0.3, -0.25) is 4.79 Å². The minimum atomic E-state index is -1.68. The summed E-state index contributed by atoms with van der Waals surface area (Å²) in [4.78, 5) is 11.7. The fourth-order valence-electron chi connectivity index (χ4n) is 1.78. The number of carbonyl (C=O) groups excluding carboxylic acids is 1. The quantitative estimate of drug-likeness (QED) is 0.504. The van der Waals surface area contributed by atoms with Crippen LogP contribution in [0.2, 0.25) is 0 Å². The van der Waals surface area contributed by atoms with Gasteiger partial charge in [-0.15, -0.1) is 0 Å². The van der Waals surface area contributed by atoms with Gasteiger partial charge in [-0.25, -0.2) is 4.39 Å². The van der Waals surface area contributed by atoms with Crippen LogP contribution in [0, 0.1) is 0 Å². The minimum absolute atomic E-state index is 0.171. The number of methoxy groups -OCH3 is 1. The summed E-state index contributed by atoms with van der Waals surface area (Å²) in [5.41, 5.74) is -0.115. The minimum Gasteiger partial charge on any atom is -0.491 e. The van der Waals surface area contributed by atoms with Crippen molar-refractivity contribution in [1.82, 2.24) is 0 Å². The largest absolute Gasteiger partial charge is 0.491 e. The highest BCUT2D eigenvalue weighted by molar-refractivity contribution is 6.50. The number of Topliss-reactive ketones (excluding diaryl/α,β-unsaturated/α-hetero) is 1. The monoisotopic (exact) mass is 253 g/mol. The van der Waals surface area contributed by atoms with E-state index >= 15 is 0 Å². The number of hydrogen-bond donors (Lipinski definition) is 1. The van der Waals surface area contributed by atoms with Crippen molar-refractivity contribution in [3.63, 3.8) is 0 Å². The Balaban J connectivity index is 2.24. The molecule has 0 aliphatic heterocycles. The number of ether oxygens (including phenoxy) is 2. The molecule has 96 valence electrons. The summed E-state index contributed by atoms with van der Waals surface area (Å²) in [5.74, 6) is -0.164. The van der Waals surface area contributed by atoms with E-state index in [9.17, 15) is 9.18 Å². The van der Waals surface area contributed by atoms with Crippen LogP contribution in [-0.2, 0) is 4.74 Å². The molecule has 5 nitrogen and oxygen atoms in total. The number of nitrogens with zero attached hydrogens (tertiary/aromatic N) is 1. The Morgan fingerprint density at radius 3 is 2.89 bits per heavy atom. The smallest absolute Gasteiger partial charge is 0.214 e. The number of carbonyl (C=O) groups is 1. The fraction of sp³-hybridized carbons (Fsp3) is 0.333. The van der Waals surface area contributed by atoms with Crippen molar-refractivity contribution in [2.45, 2.75) is 6.17 Å². The van der Waals surface area contributed by atoms with Crippen molar-refractivity contribution in [1.29, 1.82) is 0 Å². The molecule has 1 aromatic rings. The third kappa shape index (κ3) is 2.06. The summed E-state index contributed by atoms with van der Waals surface area (Å²) in [6.07, 6.45) is -1.68. The number of alkyl halides is 1. The van der Waals surface area contributed by atoms with E-state index in [2.05, 4.69) is 5.16 Å². The van der Waals surface area contributed by atoms with Crippen LogP contribution in [-0.4, -0.2) is 37.0 Å². The summed E-state index contributed by atoms with van der Waals surface area (Å²) in [7, 11) is 1.55. The summed E-state index contributed by atoms with van der Waals surface area (Å²) in [6, 6.07) is 4.46. The lowest BCUT2D eigenvalue weighted by molar-refractivity contribution is 0.106. The average Bonchev–Trinajstić information content (AvgIpc) is 2.62. The maximum atomic E-state index is 13.7. The van der Waals surface area contributed by atoms with Crippen molar-refractivity contribution < 1.29 is 23.9 Å². The van der Waals surface area contributed by atoms with Gasteiger partial charge in [0.2, 0.25) is 5.78 Å². The molecule has 1 aliphatic carbocycles. The number of fused-ring (bicyclic) bond motifs is 1. The molecule has 1 aliphatic rings. The number of halogens is 1. The van der Waals surface area contributed by atoms with E-state index in [0.29, 0.717) is 19.0 Å². The van der Waals surface area contributed by atoms with Crippen LogP contribution in [0.15, 0.2) is 23.4 Å². The molecule has 1 N–H and O–H groups in total. The molecule has 0 spiro atoms. The lowest BCUT2D eigenvalue weighted by Gasteiger charge is -2.06. The van der Waals surface area contributed by atoms with E-state index in [4.69, 9.17) is 14.7 Å². The van der Waals surface area contributed by atoms with E-state index in [-0.39, 0.29) is 11.1 Å². The maximum Gasteiger partial charge on any atom is 0.214 e. The topological polar surface area (TPSA) is 68.1 Å². The number of rotatable bonds is 4. The van der Waals surface area contributed by atoms with Gasteiger partial charge in [-0.1, -0.05) is 11.2 Å². The molecule has 0 fully saturated rings. The van der Waals surface area contributed by atoms with Gasteiger partial charge >= 0.3 is 0 Å². The first-order valence-corrected chi connectivity index (χ1v) is 5.35. The molecule has 0 heterocycles. The average molecular weight is 253 g/mol. The normalized spacial score (nSPS) is 20.2. The Kier molecular flexibility index (Phi) is 3.57. The third-order valence-corrected chi connectivity index (χ3v) is 2.68. The second kappa shape index (κ2) is 5.14. The van der Waals surface area contributed by atoms with E-state index in [1.165, 1.54) is 12.1 Å². The molecule has 0 bridgehead atoms. The summed E-state index contributed by atoms with van der Waals surface area (Å²) < 4.78 is 23.8. The van der Waals surface area contributed by atoms with Crippen LogP contribution < -0.4 is 4.74 Å². The highest BCUT2D eigenvalue weighted by Crippen LogP contribution is 2.34. The summed E-state index contributed by atoms with van der Waals surface area (Å²) in [5, 5.41) is 11.3. The molecule has 2 rings (SSSR count). The molecule has 0 saturated heterocycles. The molecule has 1 unspecified atom stereocenters. The van der Waals surface area contributed by atoms with Crippen molar-refractivity contribution in [3.05, 3.63) is 29.3 Å². The zero-order chi connectivity index (χ0) is 13.1. The molecule has 0 radical (unpaired) electrons. The predicted octanol–water partition coefficient (Wildman–Crippen LogP) is 1.75. The van der Waals surface area contributed by atoms with Crippen LogP contribution in [0.25, 0.3) is 0 Å². The van der Waals surface area contributed by atoms with Crippen LogP contribution in [0.5, 0.6) is 5.75 Å². The van der Waals surface area contributed by atoms with Crippen molar-refractivity contribution >= 4 is 11.5 Å². The number of hydrogen-bond acceptors (Lipinski definition) is 5. The SMILES string of the molecule is COCCOc1ccc2c(c1)C(=O)C(=NO)C2F. The van der Waals surface area contributed by atoms with Crippen LogP contribution in [0.1, 0.15) is 22.1 Å². The Bertz CT molecular complexity index is 501. The number of ketones is 1. The standard InChI is InChI=1S/C12H12FNO4/c1-17-4-5-18-7-2-3-8-9(6-7)12(15)11(14-16)10(8)13/h2-3,6,10,16H,4-5H2,1H3. The van der Waals surface area contributed by atoms with Gasteiger partial charge in [0.1, 0.15) is 12.4 Å². The molecule has 18 heavy (non-hydrogen) atoms. The molecular formula is C12H12FNO4. The fourth-order valence-corrected chi connectivity index (χ4v) is 1.78. The lowest BCUT2D eigenvalue weighted by atomic mass is 10.1. The van der Waals surface area contributed by atoms with Crippen molar-refractivity contribution in [2.24, 2.45) is 5.16 Å². The van der Waals surface area contributed by atoms with E-state index in [0.717, 1.165) is 0 Å². The summed E-state index contributed by atoms with van der Waals surface area (Å²) in [6.45, 7) is 0.754. The van der Waals surface area contributed by atoms with Gasteiger partial charge in [-0.2, -0.15) is 0 Å². The van der Waals surface area contributed by atoms with Gasteiger partial charge in [0.25, 0.3) is 0 Å². The zero-order valence-electron chi connectivity index (χ0n) is 9.72. The van der Waals surface area contributed by atoms with Crippen molar-refractivity contribution in [2.75, 3.05) is 20.3 Å². The summed E-state index contributed by atoms with van der Waals surface area (Å²) >= 11 is 0. The molecule has 1 atom stereocenters. The number of benzene rings is 1. The van der Waals surface area contributed by atoms with E-state index in [1.807, 2.05) is 0 Å².